The molecule has 1 aliphatic heterocycles. The lowest BCUT2D eigenvalue weighted by atomic mass is 10.2. The van der Waals surface area contributed by atoms with Crippen LogP contribution in [-0.2, 0) is 4.79 Å². The molecule has 1 atom stereocenters. The van der Waals surface area contributed by atoms with E-state index >= 15 is 0 Å². The summed E-state index contributed by atoms with van der Waals surface area (Å²) in [5, 5.41) is 2.83. The summed E-state index contributed by atoms with van der Waals surface area (Å²) >= 11 is 0. The zero-order chi connectivity index (χ0) is 16.8. The van der Waals surface area contributed by atoms with Gasteiger partial charge in [0.15, 0.2) is 0 Å². The first kappa shape index (κ1) is 16.9. The molecule has 1 aliphatic rings. The molecule has 2 rings (SSSR count). The lowest BCUT2D eigenvalue weighted by Crippen LogP contribution is -2.51. The number of rotatable bonds is 5. The molecule has 1 unspecified atom stereocenters. The van der Waals surface area contributed by atoms with E-state index in [1.165, 1.54) is 0 Å². The fourth-order valence-electron chi connectivity index (χ4n) is 2.50. The van der Waals surface area contributed by atoms with Crippen LogP contribution in [0.15, 0.2) is 24.3 Å². The molecule has 0 saturated carbocycles. The van der Waals surface area contributed by atoms with E-state index in [1.54, 1.807) is 36.3 Å². The van der Waals surface area contributed by atoms with Gasteiger partial charge in [-0.05, 0) is 51.0 Å². The second kappa shape index (κ2) is 7.71. The molecule has 0 bridgehead atoms. The molecule has 3 amide bonds. The quantitative estimate of drug-likeness (QED) is 0.722. The van der Waals surface area contributed by atoms with Gasteiger partial charge in [0.2, 0.25) is 0 Å². The Hall–Kier alpha value is -2.44. The third-order valence-corrected chi connectivity index (χ3v) is 3.65. The van der Waals surface area contributed by atoms with Gasteiger partial charge in [-0.15, -0.1) is 0 Å². The average Bonchev–Trinajstić information content (AvgIpc) is 3.02. The number of ether oxygens (including phenoxy) is 1. The summed E-state index contributed by atoms with van der Waals surface area (Å²) in [6.07, 6.45) is 1.49. The molecule has 1 aromatic rings. The minimum Gasteiger partial charge on any atom is -0.497 e. The van der Waals surface area contributed by atoms with Crippen LogP contribution in [0.1, 0.15) is 26.7 Å². The van der Waals surface area contributed by atoms with Crippen molar-refractivity contribution in [3.8, 4) is 5.75 Å². The van der Waals surface area contributed by atoms with Crippen LogP contribution < -0.4 is 20.9 Å². The fraction of sp³-hybridized carbons (Fsp3) is 0.500. The lowest BCUT2D eigenvalue weighted by molar-refractivity contribution is -0.124. The van der Waals surface area contributed by atoms with E-state index in [2.05, 4.69) is 16.2 Å². The number of hydrogen-bond donors (Lipinski definition) is 3. The van der Waals surface area contributed by atoms with Gasteiger partial charge in [-0.2, -0.15) is 0 Å². The summed E-state index contributed by atoms with van der Waals surface area (Å²) in [4.78, 5) is 26.0. The van der Waals surface area contributed by atoms with E-state index < -0.39 is 6.04 Å². The SMILES string of the molecule is COc1ccc(NNC(=O)C2CCCN2C(=O)NC(C)C)cc1. The highest BCUT2D eigenvalue weighted by molar-refractivity contribution is 5.88. The van der Waals surface area contributed by atoms with Crippen molar-refractivity contribution in [2.45, 2.75) is 38.8 Å². The Labute approximate surface area is 136 Å². The molecule has 1 saturated heterocycles. The minimum absolute atomic E-state index is 0.0456. The maximum Gasteiger partial charge on any atom is 0.318 e. The Morgan fingerprint density at radius 3 is 2.57 bits per heavy atom. The van der Waals surface area contributed by atoms with Crippen molar-refractivity contribution in [1.29, 1.82) is 0 Å². The van der Waals surface area contributed by atoms with E-state index in [0.717, 1.165) is 17.9 Å². The summed E-state index contributed by atoms with van der Waals surface area (Å²) in [6.45, 7) is 4.39. The molecule has 126 valence electrons. The van der Waals surface area contributed by atoms with Crippen LogP contribution in [0.4, 0.5) is 10.5 Å². The number of likely N-dealkylation sites (tertiary alicyclic amines) is 1. The van der Waals surface area contributed by atoms with Crippen molar-refractivity contribution in [3.63, 3.8) is 0 Å². The van der Waals surface area contributed by atoms with Crippen molar-refractivity contribution in [3.05, 3.63) is 24.3 Å². The standard InChI is InChI=1S/C16H24N4O3/c1-11(2)17-16(22)20-10-4-5-14(20)15(21)19-18-12-6-8-13(23-3)9-7-12/h6-9,11,14,18H,4-5,10H2,1-3H3,(H,17,22)(H,19,21). The average molecular weight is 320 g/mol. The van der Waals surface area contributed by atoms with Gasteiger partial charge in [0.05, 0.1) is 12.8 Å². The van der Waals surface area contributed by atoms with Crippen LogP contribution in [0.2, 0.25) is 0 Å². The normalized spacial score (nSPS) is 17.0. The Morgan fingerprint density at radius 1 is 1.26 bits per heavy atom. The number of urea groups is 1. The summed E-state index contributed by atoms with van der Waals surface area (Å²) < 4.78 is 5.08. The van der Waals surface area contributed by atoms with E-state index in [-0.39, 0.29) is 18.0 Å². The maximum absolute atomic E-state index is 12.3. The maximum atomic E-state index is 12.3. The van der Waals surface area contributed by atoms with Crippen LogP contribution in [0.3, 0.4) is 0 Å². The summed E-state index contributed by atoms with van der Waals surface area (Å²) in [6, 6.07) is 6.61. The van der Waals surface area contributed by atoms with Crippen LogP contribution in [0, 0.1) is 0 Å². The number of carbonyl (C=O) groups excluding carboxylic acids is 2. The first-order valence-corrected chi connectivity index (χ1v) is 7.78. The van der Waals surface area contributed by atoms with E-state index in [0.29, 0.717) is 13.0 Å². The molecule has 0 radical (unpaired) electrons. The number of nitrogens with one attached hydrogen (secondary N) is 3. The molecule has 1 heterocycles. The second-order valence-electron chi connectivity index (χ2n) is 5.80. The van der Waals surface area contributed by atoms with Gasteiger partial charge < -0.3 is 15.0 Å². The molecule has 23 heavy (non-hydrogen) atoms. The smallest absolute Gasteiger partial charge is 0.318 e. The van der Waals surface area contributed by atoms with Gasteiger partial charge >= 0.3 is 6.03 Å². The Morgan fingerprint density at radius 2 is 1.96 bits per heavy atom. The van der Waals surface area contributed by atoms with Crippen molar-refractivity contribution >= 4 is 17.6 Å². The predicted molar refractivity (Wildman–Crippen MR) is 88.2 cm³/mol. The van der Waals surface area contributed by atoms with Crippen molar-refractivity contribution in [2.75, 3.05) is 19.1 Å². The molecule has 1 aromatic carbocycles. The van der Waals surface area contributed by atoms with Crippen molar-refractivity contribution < 1.29 is 14.3 Å². The molecule has 7 nitrogen and oxygen atoms in total. The van der Waals surface area contributed by atoms with E-state index in [4.69, 9.17) is 4.74 Å². The van der Waals surface area contributed by atoms with Gasteiger partial charge in [0.25, 0.3) is 5.91 Å². The zero-order valence-corrected chi connectivity index (χ0v) is 13.8. The van der Waals surface area contributed by atoms with Crippen molar-refractivity contribution in [1.82, 2.24) is 15.6 Å². The zero-order valence-electron chi connectivity index (χ0n) is 13.8. The van der Waals surface area contributed by atoms with Crippen LogP contribution >= 0.6 is 0 Å². The van der Waals surface area contributed by atoms with Gasteiger partial charge in [-0.1, -0.05) is 0 Å². The molecular weight excluding hydrogens is 296 g/mol. The van der Waals surface area contributed by atoms with Gasteiger partial charge in [-0.3, -0.25) is 15.6 Å². The van der Waals surface area contributed by atoms with Crippen LogP contribution in [0.25, 0.3) is 0 Å². The Bertz CT molecular complexity index is 545. The number of methoxy groups -OCH3 is 1. The van der Waals surface area contributed by atoms with Crippen LogP contribution in [-0.4, -0.2) is 42.6 Å². The first-order valence-electron chi connectivity index (χ1n) is 7.78. The molecule has 3 N–H and O–H groups in total. The summed E-state index contributed by atoms with van der Waals surface area (Å²) in [5.41, 5.74) is 6.27. The van der Waals surface area contributed by atoms with E-state index in [1.807, 2.05) is 13.8 Å². The summed E-state index contributed by atoms with van der Waals surface area (Å²) in [7, 11) is 1.60. The number of hydrogen-bond acceptors (Lipinski definition) is 4. The van der Waals surface area contributed by atoms with Gasteiger partial charge in [-0.25, -0.2) is 4.79 Å². The number of amides is 3. The van der Waals surface area contributed by atoms with Crippen molar-refractivity contribution in [2.24, 2.45) is 0 Å². The van der Waals surface area contributed by atoms with Crippen LogP contribution in [0.5, 0.6) is 5.75 Å². The Kier molecular flexibility index (Phi) is 5.67. The number of nitrogens with zero attached hydrogens (tertiary/aromatic N) is 1. The lowest BCUT2D eigenvalue weighted by Gasteiger charge is -2.25. The molecule has 0 aliphatic carbocycles. The predicted octanol–water partition coefficient (Wildman–Crippen LogP) is 1.72. The molecule has 7 heteroatoms. The highest BCUT2D eigenvalue weighted by atomic mass is 16.5. The largest absolute Gasteiger partial charge is 0.497 e. The monoisotopic (exact) mass is 320 g/mol. The third-order valence-electron chi connectivity index (χ3n) is 3.65. The number of anilines is 1. The first-order chi connectivity index (χ1) is 11.0. The van der Waals surface area contributed by atoms with E-state index in [9.17, 15) is 9.59 Å². The molecule has 1 fully saturated rings. The van der Waals surface area contributed by atoms with Gasteiger partial charge in [0.1, 0.15) is 11.8 Å². The minimum atomic E-state index is -0.445. The summed E-state index contributed by atoms with van der Waals surface area (Å²) in [5.74, 6) is 0.534. The molecular formula is C16H24N4O3. The third kappa shape index (κ3) is 4.51. The number of carbonyl (C=O) groups is 2. The Balaban J connectivity index is 1.89. The number of benzene rings is 1. The molecule has 0 aromatic heterocycles. The second-order valence-corrected chi connectivity index (χ2v) is 5.80. The highest BCUT2D eigenvalue weighted by Crippen LogP contribution is 2.18. The highest BCUT2D eigenvalue weighted by Gasteiger charge is 2.34. The topological polar surface area (TPSA) is 82.7 Å². The molecule has 0 spiro atoms. The fourth-order valence-corrected chi connectivity index (χ4v) is 2.50. The van der Waals surface area contributed by atoms with Gasteiger partial charge in [0, 0.05) is 12.6 Å². The number of hydrazine groups is 1.